The maximum Gasteiger partial charge on any atom is 0.244 e. The van der Waals surface area contributed by atoms with E-state index < -0.39 is 16.1 Å². The summed E-state index contributed by atoms with van der Waals surface area (Å²) in [5.74, 6) is 0.915. The molecule has 0 spiro atoms. The number of rotatable bonds is 7. The van der Waals surface area contributed by atoms with Crippen molar-refractivity contribution in [3.8, 4) is 11.5 Å². The number of carbonyl (C=O) groups is 1. The Morgan fingerprint density at radius 3 is 2.41 bits per heavy atom. The Bertz CT molecular complexity index is 973. The molecule has 1 amide bonds. The fourth-order valence-corrected chi connectivity index (χ4v) is 5.35. The van der Waals surface area contributed by atoms with Gasteiger partial charge in [0.15, 0.2) is 0 Å². The predicted molar refractivity (Wildman–Crippen MR) is 109 cm³/mol. The fourth-order valence-electron chi connectivity index (χ4n) is 3.45. The molecule has 0 bridgehead atoms. The van der Waals surface area contributed by atoms with E-state index in [2.05, 4.69) is 5.32 Å². The van der Waals surface area contributed by atoms with Gasteiger partial charge in [0, 0.05) is 19.2 Å². The topological polar surface area (TPSA) is 84.9 Å². The number of nitrogens with zero attached hydrogens (tertiary/aromatic N) is 1. The average Bonchev–Trinajstić information content (AvgIpc) is 3.23. The van der Waals surface area contributed by atoms with Crippen LogP contribution in [-0.2, 0) is 21.4 Å². The van der Waals surface area contributed by atoms with Crippen molar-refractivity contribution < 1.29 is 22.7 Å². The third-order valence-electron chi connectivity index (χ3n) is 5.11. The zero-order valence-electron chi connectivity index (χ0n) is 16.8. The van der Waals surface area contributed by atoms with Crippen LogP contribution in [0.2, 0.25) is 0 Å². The van der Waals surface area contributed by atoms with Gasteiger partial charge in [-0.1, -0.05) is 18.2 Å². The first kappa shape index (κ1) is 21.1. The van der Waals surface area contributed by atoms with Crippen molar-refractivity contribution in [1.29, 1.82) is 0 Å². The summed E-state index contributed by atoms with van der Waals surface area (Å²) in [7, 11) is -0.727. The lowest BCUT2D eigenvalue weighted by Gasteiger charge is -2.24. The highest BCUT2D eigenvalue weighted by Crippen LogP contribution is 2.30. The largest absolute Gasteiger partial charge is 0.497 e. The summed E-state index contributed by atoms with van der Waals surface area (Å²) in [6.07, 6.45) is 1.14. The maximum absolute atomic E-state index is 13.3. The highest BCUT2D eigenvalue weighted by atomic mass is 32.2. The normalized spacial score (nSPS) is 17.1. The van der Waals surface area contributed by atoms with Gasteiger partial charge in [-0.15, -0.1) is 0 Å². The minimum absolute atomic E-state index is 0.173. The van der Waals surface area contributed by atoms with Gasteiger partial charge in [0.1, 0.15) is 17.5 Å². The molecule has 8 heteroatoms. The summed E-state index contributed by atoms with van der Waals surface area (Å²) in [6, 6.07) is 11.6. The first-order chi connectivity index (χ1) is 13.9. The third kappa shape index (κ3) is 4.54. The molecule has 7 nitrogen and oxygen atoms in total. The van der Waals surface area contributed by atoms with Crippen LogP contribution in [0.5, 0.6) is 11.5 Å². The van der Waals surface area contributed by atoms with Crippen molar-refractivity contribution in [2.45, 2.75) is 37.2 Å². The molecule has 2 aromatic rings. The number of sulfonamides is 1. The Morgan fingerprint density at radius 1 is 1.10 bits per heavy atom. The molecule has 1 heterocycles. The second kappa shape index (κ2) is 8.84. The molecule has 2 aromatic carbocycles. The predicted octanol–water partition coefficient (Wildman–Crippen LogP) is 2.48. The van der Waals surface area contributed by atoms with Crippen LogP contribution in [0.15, 0.2) is 47.4 Å². The Morgan fingerprint density at radius 2 is 1.76 bits per heavy atom. The molecular formula is C21H26N2O5S. The second-order valence-electron chi connectivity index (χ2n) is 6.97. The van der Waals surface area contributed by atoms with E-state index in [9.17, 15) is 13.2 Å². The first-order valence-corrected chi connectivity index (χ1v) is 10.9. The molecule has 29 heavy (non-hydrogen) atoms. The summed E-state index contributed by atoms with van der Waals surface area (Å²) in [6.45, 7) is 2.38. The number of hydrogen-bond donors (Lipinski definition) is 1. The van der Waals surface area contributed by atoms with Crippen molar-refractivity contribution in [2.24, 2.45) is 0 Å². The summed E-state index contributed by atoms with van der Waals surface area (Å²) >= 11 is 0. The number of ether oxygens (including phenoxy) is 2. The summed E-state index contributed by atoms with van der Waals surface area (Å²) in [5, 5.41) is 2.86. The lowest BCUT2D eigenvalue weighted by molar-refractivity contribution is -0.124. The molecule has 1 aliphatic rings. The minimum atomic E-state index is -3.81. The van der Waals surface area contributed by atoms with Crippen LogP contribution in [0.25, 0.3) is 0 Å². The van der Waals surface area contributed by atoms with Gasteiger partial charge in [0.2, 0.25) is 15.9 Å². The molecule has 1 N–H and O–H groups in total. The highest BCUT2D eigenvalue weighted by Gasteiger charge is 2.40. The summed E-state index contributed by atoms with van der Waals surface area (Å²) in [4.78, 5) is 12.9. The van der Waals surface area contributed by atoms with E-state index >= 15 is 0 Å². The van der Waals surface area contributed by atoms with Crippen LogP contribution in [0.3, 0.4) is 0 Å². The first-order valence-electron chi connectivity index (χ1n) is 9.44. The average molecular weight is 419 g/mol. The van der Waals surface area contributed by atoms with Crippen molar-refractivity contribution >= 4 is 15.9 Å². The standard InChI is InChI=1S/C21H26N2O5S/c1-15-6-9-18(28-3)13-20(15)29(25,26)23-12-4-5-19(23)21(24)22-14-16-7-10-17(27-2)11-8-16/h6-11,13,19H,4-5,12,14H2,1-3H3,(H,22,24). The Balaban J connectivity index is 1.75. The summed E-state index contributed by atoms with van der Waals surface area (Å²) < 4.78 is 38.1. The van der Waals surface area contributed by atoms with Crippen LogP contribution >= 0.6 is 0 Å². The van der Waals surface area contributed by atoms with Crippen LogP contribution < -0.4 is 14.8 Å². The molecule has 156 valence electrons. The van der Waals surface area contributed by atoms with Crippen molar-refractivity contribution in [1.82, 2.24) is 9.62 Å². The Hall–Kier alpha value is -2.58. The van der Waals surface area contributed by atoms with E-state index in [-0.39, 0.29) is 10.8 Å². The highest BCUT2D eigenvalue weighted by molar-refractivity contribution is 7.89. The molecule has 0 radical (unpaired) electrons. The van der Waals surface area contributed by atoms with E-state index in [1.54, 1.807) is 26.2 Å². The van der Waals surface area contributed by atoms with Gasteiger partial charge < -0.3 is 14.8 Å². The lowest BCUT2D eigenvalue weighted by Crippen LogP contribution is -2.45. The SMILES string of the molecule is COc1ccc(CNC(=O)C2CCCN2S(=O)(=O)c2cc(OC)ccc2C)cc1. The number of benzene rings is 2. The number of carbonyl (C=O) groups excluding carboxylic acids is 1. The van der Waals surface area contributed by atoms with Gasteiger partial charge >= 0.3 is 0 Å². The van der Waals surface area contributed by atoms with E-state index in [0.29, 0.717) is 37.2 Å². The second-order valence-corrected chi connectivity index (χ2v) is 8.83. The number of aryl methyl sites for hydroxylation is 1. The maximum atomic E-state index is 13.3. The van der Waals surface area contributed by atoms with E-state index in [1.807, 2.05) is 24.3 Å². The Kier molecular flexibility index (Phi) is 6.44. The molecule has 1 atom stereocenters. The zero-order valence-corrected chi connectivity index (χ0v) is 17.7. The molecular weight excluding hydrogens is 392 g/mol. The number of amides is 1. The summed E-state index contributed by atoms with van der Waals surface area (Å²) in [5.41, 5.74) is 1.53. The molecule has 1 saturated heterocycles. The smallest absolute Gasteiger partial charge is 0.244 e. The third-order valence-corrected chi connectivity index (χ3v) is 7.16. The van der Waals surface area contributed by atoms with Crippen LogP contribution in [0.4, 0.5) is 0 Å². The van der Waals surface area contributed by atoms with Crippen LogP contribution in [0, 0.1) is 6.92 Å². The monoisotopic (exact) mass is 418 g/mol. The molecule has 1 aliphatic heterocycles. The Labute approximate surface area is 171 Å². The van der Waals surface area contributed by atoms with Crippen molar-refractivity contribution in [3.63, 3.8) is 0 Å². The number of nitrogens with one attached hydrogen (secondary N) is 1. The molecule has 0 saturated carbocycles. The van der Waals surface area contributed by atoms with Gasteiger partial charge in [0.25, 0.3) is 0 Å². The number of hydrogen-bond acceptors (Lipinski definition) is 5. The van der Waals surface area contributed by atoms with Gasteiger partial charge in [-0.2, -0.15) is 4.31 Å². The van der Waals surface area contributed by atoms with Gasteiger partial charge in [-0.3, -0.25) is 4.79 Å². The van der Waals surface area contributed by atoms with E-state index in [4.69, 9.17) is 9.47 Å². The van der Waals surface area contributed by atoms with Crippen molar-refractivity contribution in [3.05, 3.63) is 53.6 Å². The van der Waals surface area contributed by atoms with E-state index in [1.165, 1.54) is 17.5 Å². The zero-order chi connectivity index (χ0) is 21.0. The van der Waals surface area contributed by atoms with Gasteiger partial charge in [-0.05, 0) is 49.1 Å². The molecule has 1 unspecified atom stereocenters. The minimum Gasteiger partial charge on any atom is -0.497 e. The molecule has 0 aliphatic carbocycles. The molecule has 3 rings (SSSR count). The van der Waals surface area contributed by atoms with Crippen LogP contribution in [0.1, 0.15) is 24.0 Å². The molecule has 0 aromatic heterocycles. The van der Waals surface area contributed by atoms with E-state index in [0.717, 1.165) is 11.3 Å². The molecule has 1 fully saturated rings. The van der Waals surface area contributed by atoms with Crippen LogP contribution in [-0.4, -0.2) is 45.4 Å². The quantitative estimate of drug-likeness (QED) is 0.747. The van der Waals surface area contributed by atoms with Gasteiger partial charge in [-0.25, -0.2) is 8.42 Å². The number of methoxy groups -OCH3 is 2. The van der Waals surface area contributed by atoms with Gasteiger partial charge in [0.05, 0.1) is 19.1 Å². The fraction of sp³-hybridized carbons (Fsp3) is 0.381. The van der Waals surface area contributed by atoms with Crippen molar-refractivity contribution in [2.75, 3.05) is 20.8 Å². The lowest BCUT2D eigenvalue weighted by atomic mass is 10.2.